The third-order valence-corrected chi connectivity index (χ3v) is 4.85. The minimum atomic E-state index is -3.05. The molecule has 1 aromatic carbocycles. The fraction of sp³-hybridized carbons (Fsp3) is 0.400. The van der Waals surface area contributed by atoms with Crippen molar-refractivity contribution in [1.82, 2.24) is 0 Å². The number of hydrogen-bond acceptors (Lipinski definition) is 3. The van der Waals surface area contributed by atoms with Crippen molar-refractivity contribution in [2.45, 2.75) is 12.6 Å². The predicted molar refractivity (Wildman–Crippen MR) is 61.5 cm³/mol. The number of rotatable bonds is 4. The molecular formula is C10H14ClO3P. The Morgan fingerprint density at radius 2 is 1.67 bits per heavy atom. The second kappa shape index (κ2) is 5.13. The average molecular weight is 249 g/mol. The topological polar surface area (TPSA) is 35.5 Å². The van der Waals surface area contributed by atoms with Crippen molar-refractivity contribution in [3.63, 3.8) is 0 Å². The molecule has 0 amide bonds. The molecule has 0 heterocycles. The second-order valence-corrected chi connectivity index (χ2v) is 6.15. The first kappa shape index (κ1) is 12.7. The molecule has 0 saturated heterocycles. The Balaban J connectivity index is 2.98. The summed E-state index contributed by atoms with van der Waals surface area (Å²) < 4.78 is 21.9. The van der Waals surface area contributed by atoms with E-state index in [-0.39, 0.29) is 5.66 Å². The predicted octanol–water partition coefficient (Wildman–Crippen LogP) is 3.89. The van der Waals surface area contributed by atoms with Crippen LogP contribution in [0.4, 0.5) is 0 Å². The van der Waals surface area contributed by atoms with Gasteiger partial charge in [-0.15, -0.1) is 0 Å². The van der Waals surface area contributed by atoms with E-state index in [1.54, 1.807) is 19.1 Å². The molecular weight excluding hydrogens is 235 g/mol. The molecule has 84 valence electrons. The Kier molecular flexibility index (Phi) is 4.35. The van der Waals surface area contributed by atoms with Crippen LogP contribution in [0.1, 0.15) is 18.1 Å². The van der Waals surface area contributed by atoms with Gasteiger partial charge < -0.3 is 9.05 Å². The van der Waals surface area contributed by atoms with Gasteiger partial charge in [-0.2, -0.15) is 0 Å². The third-order valence-electron chi connectivity index (χ3n) is 2.34. The summed E-state index contributed by atoms with van der Waals surface area (Å²) >= 11 is 5.77. The summed E-state index contributed by atoms with van der Waals surface area (Å²) in [6.07, 6.45) is 0. The Morgan fingerprint density at radius 3 is 2.07 bits per heavy atom. The first-order valence-corrected chi connectivity index (χ1v) is 6.49. The standard InChI is InChI=1S/C10H14ClO3P/c1-8(15(12,13-2)14-3)9-4-6-10(11)7-5-9/h4-8H,1-3H3/t8-/m0/s1. The fourth-order valence-electron chi connectivity index (χ4n) is 1.31. The molecule has 1 rings (SSSR count). The molecule has 0 fully saturated rings. The highest BCUT2D eigenvalue weighted by Crippen LogP contribution is 2.59. The second-order valence-electron chi connectivity index (χ2n) is 3.13. The van der Waals surface area contributed by atoms with Crippen LogP contribution in [0.15, 0.2) is 24.3 Å². The van der Waals surface area contributed by atoms with E-state index in [4.69, 9.17) is 20.6 Å². The van der Waals surface area contributed by atoms with Crippen molar-refractivity contribution in [2.75, 3.05) is 14.2 Å². The van der Waals surface area contributed by atoms with E-state index in [2.05, 4.69) is 0 Å². The van der Waals surface area contributed by atoms with E-state index in [0.29, 0.717) is 5.02 Å². The molecule has 0 saturated carbocycles. The van der Waals surface area contributed by atoms with Crippen molar-refractivity contribution < 1.29 is 13.6 Å². The van der Waals surface area contributed by atoms with Gasteiger partial charge in [-0.3, -0.25) is 4.57 Å². The van der Waals surface area contributed by atoms with Gasteiger partial charge in [0.15, 0.2) is 0 Å². The van der Waals surface area contributed by atoms with Crippen LogP contribution < -0.4 is 0 Å². The summed E-state index contributed by atoms with van der Waals surface area (Å²) in [6.45, 7) is 1.80. The number of hydrogen-bond donors (Lipinski definition) is 0. The summed E-state index contributed by atoms with van der Waals surface area (Å²) in [5, 5.41) is 0.649. The largest absolute Gasteiger partial charge is 0.337 e. The van der Waals surface area contributed by atoms with E-state index in [9.17, 15) is 4.57 Å². The van der Waals surface area contributed by atoms with Gasteiger partial charge in [-0.05, 0) is 24.6 Å². The lowest BCUT2D eigenvalue weighted by molar-refractivity contribution is 0.267. The summed E-state index contributed by atoms with van der Waals surface area (Å²) in [7, 11) is -0.281. The minimum absolute atomic E-state index is 0.301. The molecule has 5 heteroatoms. The highest BCUT2D eigenvalue weighted by molar-refractivity contribution is 7.54. The summed E-state index contributed by atoms with van der Waals surface area (Å²) in [5.41, 5.74) is 0.580. The molecule has 0 unspecified atom stereocenters. The molecule has 0 radical (unpaired) electrons. The van der Waals surface area contributed by atoms with E-state index in [0.717, 1.165) is 5.56 Å². The molecule has 0 aliphatic heterocycles. The summed E-state index contributed by atoms with van der Waals surface area (Å²) in [4.78, 5) is 0. The molecule has 3 nitrogen and oxygen atoms in total. The lowest BCUT2D eigenvalue weighted by Gasteiger charge is -2.21. The maximum atomic E-state index is 12.1. The molecule has 0 bridgehead atoms. The van der Waals surface area contributed by atoms with Gasteiger partial charge in [0, 0.05) is 19.2 Å². The van der Waals surface area contributed by atoms with Gasteiger partial charge in [-0.25, -0.2) is 0 Å². The van der Waals surface area contributed by atoms with Crippen molar-refractivity contribution >= 4 is 19.2 Å². The van der Waals surface area contributed by atoms with E-state index < -0.39 is 7.60 Å². The van der Waals surface area contributed by atoms with Crippen LogP contribution in [0.25, 0.3) is 0 Å². The maximum absolute atomic E-state index is 12.1. The van der Waals surface area contributed by atoms with Gasteiger partial charge in [0.1, 0.15) is 0 Å². The molecule has 0 N–H and O–H groups in total. The summed E-state index contributed by atoms with van der Waals surface area (Å²) in [6, 6.07) is 7.14. The third kappa shape index (κ3) is 2.82. The Bertz CT molecular complexity index is 355. The van der Waals surface area contributed by atoms with Crippen LogP contribution in [0.3, 0.4) is 0 Å². The highest BCUT2D eigenvalue weighted by atomic mass is 35.5. The maximum Gasteiger partial charge on any atom is 0.337 e. The fourth-order valence-corrected chi connectivity index (χ4v) is 2.76. The first-order valence-electron chi connectivity index (χ1n) is 4.50. The van der Waals surface area contributed by atoms with Gasteiger partial charge in [-0.1, -0.05) is 23.7 Å². The molecule has 15 heavy (non-hydrogen) atoms. The lowest BCUT2D eigenvalue weighted by atomic mass is 10.2. The SMILES string of the molecule is COP(=O)(OC)[C@@H](C)c1ccc(Cl)cc1. The van der Waals surface area contributed by atoms with Crippen molar-refractivity contribution in [3.8, 4) is 0 Å². The van der Waals surface area contributed by atoms with E-state index >= 15 is 0 Å². The van der Waals surface area contributed by atoms with Crippen molar-refractivity contribution in [3.05, 3.63) is 34.9 Å². The van der Waals surface area contributed by atoms with E-state index in [1.807, 2.05) is 12.1 Å². The van der Waals surface area contributed by atoms with Crippen LogP contribution >= 0.6 is 19.2 Å². The summed E-state index contributed by atoms with van der Waals surface area (Å²) in [5.74, 6) is 0. The lowest BCUT2D eigenvalue weighted by Crippen LogP contribution is -1.99. The molecule has 0 aliphatic carbocycles. The average Bonchev–Trinajstić information content (AvgIpc) is 2.28. The highest BCUT2D eigenvalue weighted by Gasteiger charge is 2.31. The van der Waals surface area contributed by atoms with E-state index in [1.165, 1.54) is 14.2 Å². The Morgan fingerprint density at radius 1 is 1.20 bits per heavy atom. The molecule has 0 spiro atoms. The number of benzene rings is 1. The number of halogens is 1. The molecule has 1 aromatic rings. The van der Waals surface area contributed by atoms with Crippen LogP contribution in [0.2, 0.25) is 5.02 Å². The smallest absolute Gasteiger partial charge is 0.312 e. The monoisotopic (exact) mass is 248 g/mol. The molecule has 0 aromatic heterocycles. The van der Waals surface area contributed by atoms with Gasteiger partial charge in [0.05, 0.1) is 5.66 Å². The van der Waals surface area contributed by atoms with Crippen molar-refractivity contribution in [2.24, 2.45) is 0 Å². The first-order chi connectivity index (χ1) is 7.03. The Hall–Kier alpha value is -0.340. The zero-order chi connectivity index (χ0) is 11.5. The quantitative estimate of drug-likeness (QED) is 0.759. The van der Waals surface area contributed by atoms with Crippen LogP contribution in [0.5, 0.6) is 0 Å². The van der Waals surface area contributed by atoms with Crippen LogP contribution in [-0.4, -0.2) is 14.2 Å². The zero-order valence-electron chi connectivity index (χ0n) is 8.94. The zero-order valence-corrected chi connectivity index (χ0v) is 10.6. The van der Waals surface area contributed by atoms with Crippen molar-refractivity contribution in [1.29, 1.82) is 0 Å². The minimum Gasteiger partial charge on any atom is -0.312 e. The molecule has 1 atom stereocenters. The Labute approximate surface area is 94.9 Å². The van der Waals surface area contributed by atoms with Crippen LogP contribution in [-0.2, 0) is 13.6 Å². The van der Waals surface area contributed by atoms with Crippen LogP contribution in [0, 0.1) is 0 Å². The normalized spacial score (nSPS) is 13.9. The molecule has 0 aliphatic rings. The van der Waals surface area contributed by atoms with Gasteiger partial charge in [0.2, 0.25) is 0 Å². The van der Waals surface area contributed by atoms with Gasteiger partial charge in [0.25, 0.3) is 0 Å². The van der Waals surface area contributed by atoms with Gasteiger partial charge >= 0.3 is 7.60 Å².